The van der Waals surface area contributed by atoms with Crippen molar-refractivity contribution < 1.29 is 23.4 Å². The highest BCUT2D eigenvalue weighted by atomic mass is 32.2. The van der Waals surface area contributed by atoms with Gasteiger partial charge in [0, 0.05) is 11.5 Å². The Labute approximate surface area is 192 Å². The van der Waals surface area contributed by atoms with Crippen LogP contribution in [0, 0.1) is 5.92 Å². The molecular weight excluding hydrogens is 426 g/mol. The van der Waals surface area contributed by atoms with Crippen molar-refractivity contribution in [1.29, 1.82) is 0 Å². The van der Waals surface area contributed by atoms with Gasteiger partial charge < -0.3 is 15.9 Å². The van der Waals surface area contributed by atoms with E-state index in [2.05, 4.69) is 6.58 Å². The number of amides is 1. The maximum atomic E-state index is 13.6. The second-order valence-corrected chi connectivity index (χ2v) is 11.9. The fraction of sp³-hybridized carbons (Fsp3) is 0.560. The molecule has 1 aromatic carbocycles. The highest BCUT2D eigenvalue weighted by Gasteiger charge is 2.45. The SMILES string of the molecule is C=C(C)C1CCC(C)=CC1c1c(O)cc(CCCCC)c(S(=O)(=O)C(C)(C)C(N)=O)c1O. The van der Waals surface area contributed by atoms with E-state index in [9.17, 15) is 23.4 Å². The maximum Gasteiger partial charge on any atom is 0.238 e. The van der Waals surface area contributed by atoms with Crippen LogP contribution in [0.1, 0.15) is 83.8 Å². The number of benzene rings is 1. The van der Waals surface area contributed by atoms with Gasteiger partial charge in [0.1, 0.15) is 21.1 Å². The van der Waals surface area contributed by atoms with Crippen molar-refractivity contribution in [2.75, 3.05) is 0 Å². The predicted octanol–water partition coefficient (Wildman–Crippen LogP) is 4.88. The van der Waals surface area contributed by atoms with E-state index < -0.39 is 32.2 Å². The van der Waals surface area contributed by atoms with Gasteiger partial charge in [0.05, 0.1) is 0 Å². The molecule has 2 atom stereocenters. The molecule has 0 heterocycles. The van der Waals surface area contributed by atoms with Crippen LogP contribution in [0.4, 0.5) is 0 Å². The molecule has 0 saturated carbocycles. The number of phenols is 2. The third kappa shape index (κ3) is 4.72. The van der Waals surface area contributed by atoms with Gasteiger partial charge in [-0.05, 0) is 70.9 Å². The molecule has 2 unspecified atom stereocenters. The molecule has 6 nitrogen and oxygen atoms in total. The highest BCUT2D eigenvalue weighted by Crippen LogP contribution is 2.50. The minimum atomic E-state index is -4.34. The molecule has 7 heteroatoms. The van der Waals surface area contributed by atoms with Crippen LogP contribution >= 0.6 is 0 Å². The Kier molecular flexibility index (Phi) is 7.87. The standard InChI is InChI=1S/C25H37NO5S/c1-7-8-9-10-17-14-20(27)21(19-13-16(4)11-12-18(19)15(2)3)22(28)23(17)32(30,31)25(5,6)24(26)29/h13-14,18-19,27-28H,2,7-12H2,1,3-6H3,(H2,26,29). The van der Waals surface area contributed by atoms with Crippen LogP contribution in [0.15, 0.2) is 34.8 Å². The maximum absolute atomic E-state index is 13.6. The molecule has 0 aromatic heterocycles. The Morgan fingerprint density at radius 1 is 1.28 bits per heavy atom. The lowest BCUT2D eigenvalue weighted by molar-refractivity contribution is -0.119. The second-order valence-electron chi connectivity index (χ2n) is 9.51. The molecule has 0 aliphatic heterocycles. The van der Waals surface area contributed by atoms with E-state index in [0.29, 0.717) is 18.4 Å². The summed E-state index contributed by atoms with van der Waals surface area (Å²) in [5, 5.41) is 22.3. The summed E-state index contributed by atoms with van der Waals surface area (Å²) in [6.07, 6.45) is 6.44. The van der Waals surface area contributed by atoms with E-state index in [1.165, 1.54) is 19.9 Å². The molecule has 0 radical (unpaired) electrons. The topological polar surface area (TPSA) is 118 Å². The van der Waals surface area contributed by atoms with Crippen molar-refractivity contribution >= 4 is 15.7 Å². The first-order valence-electron chi connectivity index (χ1n) is 11.2. The molecule has 1 aliphatic carbocycles. The van der Waals surface area contributed by atoms with E-state index in [1.807, 2.05) is 26.8 Å². The van der Waals surface area contributed by atoms with Crippen LogP contribution in [-0.2, 0) is 21.1 Å². The quantitative estimate of drug-likeness (QED) is 0.356. The van der Waals surface area contributed by atoms with Crippen molar-refractivity contribution in [3.63, 3.8) is 0 Å². The van der Waals surface area contributed by atoms with Crippen molar-refractivity contribution in [1.82, 2.24) is 0 Å². The summed E-state index contributed by atoms with van der Waals surface area (Å²) < 4.78 is 25.3. The summed E-state index contributed by atoms with van der Waals surface area (Å²) in [5.74, 6) is -2.11. The number of primary amides is 1. The summed E-state index contributed by atoms with van der Waals surface area (Å²) in [4.78, 5) is 11.7. The summed E-state index contributed by atoms with van der Waals surface area (Å²) >= 11 is 0. The van der Waals surface area contributed by atoms with E-state index in [1.54, 1.807) is 0 Å². The third-order valence-electron chi connectivity index (χ3n) is 6.65. The van der Waals surface area contributed by atoms with Crippen molar-refractivity contribution in [3.05, 3.63) is 41.0 Å². The minimum Gasteiger partial charge on any atom is -0.507 e. The molecule has 1 aliphatic rings. The minimum absolute atomic E-state index is 0.0545. The van der Waals surface area contributed by atoms with Gasteiger partial charge in [-0.2, -0.15) is 0 Å². The molecule has 2 rings (SSSR count). The number of nitrogens with two attached hydrogens (primary N) is 1. The van der Waals surface area contributed by atoms with Gasteiger partial charge in [0.15, 0.2) is 9.84 Å². The number of aromatic hydroxyl groups is 2. The summed E-state index contributed by atoms with van der Waals surface area (Å²) in [6.45, 7) is 12.5. The van der Waals surface area contributed by atoms with E-state index in [-0.39, 0.29) is 22.1 Å². The van der Waals surface area contributed by atoms with Crippen molar-refractivity contribution in [2.24, 2.45) is 11.7 Å². The molecule has 0 fully saturated rings. The van der Waals surface area contributed by atoms with Gasteiger partial charge in [-0.15, -0.1) is 0 Å². The number of carbonyl (C=O) groups is 1. The molecule has 0 saturated heterocycles. The van der Waals surface area contributed by atoms with Crippen LogP contribution in [-0.4, -0.2) is 29.3 Å². The lowest BCUT2D eigenvalue weighted by Gasteiger charge is -2.32. The van der Waals surface area contributed by atoms with Crippen LogP contribution in [0.3, 0.4) is 0 Å². The average molecular weight is 464 g/mol. The largest absolute Gasteiger partial charge is 0.507 e. The number of phenolic OH excluding ortho intramolecular Hbond substituents is 2. The van der Waals surface area contributed by atoms with Gasteiger partial charge in [0.2, 0.25) is 5.91 Å². The monoisotopic (exact) mass is 463 g/mol. The lowest BCUT2D eigenvalue weighted by atomic mass is 9.73. The van der Waals surface area contributed by atoms with Crippen LogP contribution < -0.4 is 5.73 Å². The predicted molar refractivity (Wildman–Crippen MR) is 127 cm³/mol. The van der Waals surface area contributed by atoms with Gasteiger partial charge in [-0.3, -0.25) is 4.79 Å². The fourth-order valence-corrected chi connectivity index (χ4v) is 6.02. The lowest BCUT2D eigenvalue weighted by Crippen LogP contribution is -2.45. The molecule has 0 bridgehead atoms. The number of unbranched alkanes of at least 4 members (excludes halogenated alkanes) is 2. The van der Waals surface area contributed by atoms with E-state index >= 15 is 0 Å². The number of carbonyl (C=O) groups excluding carboxylic acids is 1. The fourth-order valence-electron chi connectivity index (χ4n) is 4.38. The van der Waals surface area contributed by atoms with Gasteiger partial charge in [-0.1, -0.05) is 43.6 Å². The number of hydrogen-bond donors (Lipinski definition) is 3. The number of allylic oxidation sites excluding steroid dienone is 3. The van der Waals surface area contributed by atoms with Crippen molar-refractivity contribution in [2.45, 2.75) is 88.7 Å². The number of rotatable bonds is 9. The van der Waals surface area contributed by atoms with Crippen molar-refractivity contribution in [3.8, 4) is 11.5 Å². The second kappa shape index (κ2) is 9.69. The third-order valence-corrected chi connectivity index (χ3v) is 9.18. The van der Waals surface area contributed by atoms with Crippen LogP contribution in [0.5, 0.6) is 11.5 Å². The Balaban J connectivity index is 2.85. The first-order valence-corrected chi connectivity index (χ1v) is 12.7. The Morgan fingerprint density at radius 3 is 2.44 bits per heavy atom. The number of sulfone groups is 1. The zero-order chi connectivity index (χ0) is 24.4. The molecule has 1 amide bonds. The first kappa shape index (κ1) is 26.0. The molecular formula is C25H37NO5S. The van der Waals surface area contributed by atoms with E-state index in [4.69, 9.17) is 5.73 Å². The Morgan fingerprint density at radius 2 is 1.91 bits per heavy atom. The zero-order valence-electron chi connectivity index (χ0n) is 19.9. The molecule has 32 heavy (non-hydrogen) atoms. The Hall–Kier alpha value is -2.28. The van der Waals surface area contributed by atoms with E-state index in [0.717, 1.165) is 36.8 Å². The molecule has 0 spiro atoms. The molecule has 178 valence electrons. The van der Waals surface area contributed by atoms with Crippen LogP contribution in [0.2, 0.25) is 0 Å². The van der Waals surface area contributed by atoms with Gasteiger partial charge in [-0.25, -0.2) is 8.42 Å². The van der Waals surface area contributed by atoms with Crippen LogP contribution in [0.25, 0.3) is 0 Å². The molecule has 1 aromatic rings. The summed E-state index contributed by atoms with van der Waals surface area (Å²) in [6, 6.07) is 1.43. The number of aryl methyl sites for hydroxylation is 1. The number of hydrogen-bond acceptors (Lipinski definition) is 5. The highest BCUT2D eigenvalue weighted by molar-refractivity contribution is 7.93. The molecule has 4 N–H and O–H groups in total. The van der Waals surface area contributed by atoms with Gasteiger partial charge >= 0.3 is 0 Å². The first-order chi connectivity index (χ1) is 14.8. The smallest absolute Gasteiger partial charge is 0.238 e. The normalized spacial score (nSPS) is 19.5. The summed E-state index contributed by atoms with van der Waals surface area (Å²) in [5.41, 5.74) is 7.89. The summed E-state index contributed by atoms with van der Waals surface area (Å²) in [7, 11) is -4.34. The van der Waals surface area contributed by atoms with Gasteiger partial charge in [0.25, 0.3) is 0 Å². The Bertz CT molecular complexity index is 1040. The average Bonchev–Trinajstić information content (AvgIpc) is 2.67. The zero-order valence-corrected chi connectivity index (χ0v) is 20.7.